The van der Waals surface area contributed by atoms with Crippen molar-refractivity contribution < 1.29 is 17.6 Å². The Bertz CT molecular complexity index is 1160. The molecule has 0 atom stereocenters. The number of unbranched alkanes of at least 4 members (excludes halogenated alkanes) is 2. The lowest BCUT2D eigenvalue weighted by atomic mass is 10.2. The Balaban J connectivity index is 1.21. The van der Waals surface area contributed by atoms with Gasteiger partial charge < -0.3 is 14.9 Å². The minimum absolute atomic E-state index is 0.306. The lowest BCUT2D eigenvalue weighted by Crippen LogP contribution is -2.33. The number of hydrogen-bond donors (Lipinski definition) is 1. The first-order valence-corrected chi connectivity index (χ1v) is 12.4. The molecule has 1 fully saturated rings. The Hall–Kier alpha value is -2.85. The van der Waals surface area contributed by atoms with Crippen LogP contribution in [0.2, 0.25) is 0 Å². The van der Waals surface area contributed by atoms with E-state index in [4.69, 9.17) is 14.9 Å². The molecule has 2 N–H and O–H groups in total. The molecular formula is C22H29N5O4S. The maximum atomic E-state index is 12.8. The Morgan fingerprint density at radius 1 is 1.16 bits per heavy atom. The van der Waals surface area contributed by atoms with E-state index in [0.29, 0.717) is 37.7 Å². The van der Waals surface area contributed by atoms with Crippen molar-refractivity contribution in [3.8, 4) is 5.75 Å². The van der Waals surface area contributed by atoms with E-state index in [1.165, 1.54) is 14.8 Å². The molecule has 9 nitrogen and oxygen atoms in total. The third kappa shape index (κ3) is 4.97. The molecule has 0 amide bonds. The van der Waals surface area contributed by atoms with Crippen molar-refractivity contribution in [1.82, 2.24) is 14.3 Å². The fraction of sp³-hybridized carbons (Fsp3) is 0.455. The van der Waals surface area contributed by atoms with E-state index in [0.717, 1.165) is 54.8 Å². The van der Waals surface area contributed by atoms with E-state index in [1.807, 2.05) is 18.2 Å². The van der Waals surface area contributed by atoms with Crippen LogP contribution >= 0.6 is 0 Å². The number of fused-ring (bicyclic) bond motifs is 1. The van der Waals surface area contributed by atoms with Gasteiger partial charge >= 0.3 is 10.2 Å². The van der Waals surface area contributed by atoms with Gasteiger partial charge in [-0.15, -0.1) is 0 Å². The number of oxazole rings is 1. The summed E-state index contributed by atoms with van der Waals surface area (Å²) in [6.07, 6.45) is 5.83. The molecule has 0 radical (unpaired) electrons. The van der Waals surface area contributed by atoms with Crippen molar-refractivity contribution in [3.05, 3.63) is 42.4 Å². The van der Waals surface area contributed by atoms with Crippen molar-refractivity contribution in [3.63, 3.8) is 0 Å². The normalized spacial score (nSPS) is 16.1. The number of nitrogen functional groups attached to an aromatic ring is 1. The number of rotatable bonds is 10. The number of nitrogens with two attached hydrogens (primary N) is 1. The summed E-state index contributed by atoms with van der Waals surface area (Å²) in [5.41, 5.74) is 7.83. The number of aryl methyl sites for hydroxylation is 1. The Labute approximate surface area is 188 Å². The number of anilines is 2. The minimum Gasteiger partial charge on any atom is -0.493 e. The van der Waals surface area contributed by atoms with Crippen LogP contribution in [0.1, 0.15) is 38.5 Å². The molecule has 3 heterocycles. The zero-order valence-electron chi connectivity index (χ0n) is 18.2. The summed E-state index contributed by atoms with van der Waals surface area (Å²) in [7, 11) is -3.52. The van der Waals surface area contributed by atoms with Crippen LogP contribution in [-0.4, -0.2) is 48.9 Å². The standard InChI is InChI=1S/C22H29N5O4S/c1-2-6-22-25-19-8-7-18(16-20(19)31-22)30-14-5-3-4-11-26-12-13-27(32(26,28)29)17-9-10-24-21(23)15-17/h7-10,15-16H,2-6,11-14H2,1H3,(H2,23,24). The summed E-state index contributed by atoms with van der Waals surface area (Å²) >= 11 is 0. The molecule has 0 unspecified atom stereocenters. The van der Waals surface area contributed by atoms with Gasteiger partial charge in [0.2, 0.25) is 0 Å². The maximum absolute atomic E-state index is 12.8. The summed E-state index contributed by atoms with van der Waals surface area (Å²) in [5, 5.41) is 0. The minimum atomic E-state index is -3.52. The van der Waals surface area contributed by atoms with Gasteiger partial charge in [-0.1, -0.05) is 6.92 Å². The SMILES string of the molecule is CCCc1nc2ccc(OCCCCCN3CCN(c4ccnc(N)c4)S3(=O)=O)cc2o1. The van der Waals surface area contributed by atoms with Crippen LogP contribution in [0.5, 0.6) is 5.75 Å². The van der Waals surface area contributed by atoms with Gasteiger partial charge in [-0.05, 0) is 43.9 Å². The number of benzene rings is 1. The monoisotopic (exact) mass is 459 g/mol. The van der Waals surface area contributed by atoms with Crippen molar-refractivity contribution in [2.45, 2.75) is 39.0 Å². The third-order valence-electron chi connectivity index (χ3n) is 5.40. The molecule has 1 aliphatic heterocycles. The van der Waals surface area contributed by atoms with Gasteiger partial charge in [-0.3, -0.25) is 4.31 Å². The van der Waals surface area contributed by atoms with E-state index < -0.39 is 10.2 Å². The topological polar surface area (TPSA) is 115 Å². The van der Waals surface area contributed by atoms with Gasteiger partial charge in [0, 0.05) is 44.4 Å². The molecule has 1 saturated heterocycles. The third-order valence-corrected chi connectivity index (χ3v) is 7.37. The fourth-order valence-corrected chi connectivity index (χ4v) is 5.42. The molecule has 3 aromatic rings. The number of aromatic nitrogens is 2. The van der Waals surface area contributed by atoms with Crippen LogP contribution < -0.4 is 14.8 Å². The average molecular weight is 460 g/mol. The van der Waals surface area contributed by atoms with Gasteiger partial charge in [0.1, 0.15) is 17.1 Å². The molecule has 0 bridgehead atoms. The van der Waals surface area contributed by atoms with E-state index in [9.17, 15) is 8.42 Å². The highest BCUT2D eigenvalue weighted by Crippen LogP contribution is 2.26. The van der Waals surface area contributed by atoms with Crippen LogP contribution in [0.25, 0.3) is 11.1 Å². The van der Waals surface area contributed by atoms with E-state index >= 15 is 0 Å². The molecule has 4 rings (SSSR count). The second-order valence-corrected chi connectivity index (χ2v) is 9.67. The number of pyridine rings is 1. The molecule has 10 heteroatoms. The molecule has 172 valence electrons. The Morgan fingerprint density at radius 2 is 2.03 bits per heavy atom. The van der Waals surface area contributed by atoms with Crippen LogP contribution in [0.4, 0.5) is 11.5 Å². The summed E-state index contributed by atoms with van der Waals surface area (Å²) in [5.74, 6) is 1.81. The van der Waals surface area contributed by atoms with Crippen LogP contribution in [-0.2, 0) is 16.6 Å². The summed E-state index contributed by atoms with van der Waals surface area (Å²) in [6.45, 7) is 4.04. The van der Waals surface area contributed by atoms with Crippen molar-refractivity contribution in [2.24, 2.45) is 0 Å². The van der Waals surface area contributed by atoms with Gasteiger partial charge in [0.05, 0.1) is 12.3 Å². The van der Waals surface area contributed by atoms with Gasteiger partial charge in [0.25, 0.3) is 0 Å². The van der Waals surface area contributed by atoms with Gasteiger partial charge in [-0.2, -0.15) is 12.7 Å². The highest BCUT2D eigenvalue weighted by molar-refractivity contribution is 7.90. The molecule has 1 aromatic carbocycles. The fourth-order valence-electron chi connectivity index (χ4n) is 3.77. The van der Waals surface area contributed by atoms with Gasteiger partial charge in [0.15, 0.2) is 11.5 Å². The van der Waals surface area contributed by atoms with Crippen LogP contribution in [0, 0.1) is 0 Å². The molecular weight excluding hydrogens is 430 g/mol. The highest BCUT2D eigenvalue weighted by atomic mass is 32.2. The summed E-state index contributed by atoms with van der Waals surface area (Å²) < 4.78 is 40.1. The van der Waals surface area contributed by atoms with Crippen molar-refractivity contribution >= 4 is 32.8 Å². The van der Waals surface area contributed by atoms with E-state index in [2.05, 4.69) is 16.9 Å². The Kier molecular flexibility index (Phi) is 6.80. The molecule has 2 aromatic heterocycles. The quantitative estimate of drug-likeness (QED) is 0.462. The van der Waals surface area contributed by atoms with Gasteiger partial charge in [-0.25, -0.2) is 9.97 Å². The zero-order valence-corrected chi connectivity index (χ0v) is 19.1. The van der Waals surface area contributed by atoms with E-state index in [1.54, 1.807) is 12.1 Å². The predicted molar refractivity (Wildman–Crippen MR) is 124 cm³/mol. The summed E-state index contributed by atoms with van der Waals surface area (Å²) in [4.78, 5) is 8.38. The van der Waals surface area contributed by atoms with Crippen LogP contribution in [0.15, 0.2) is 40.9 Å². The Morgan fingerprint density at radius 3 is 2.84 bits per heavy atom. The second kappa shape index (κ2) is 9.74. The van der Waals surface area contributed by atoms with Crippen LogP contribution in [0.3, 0.4) is 0 Å². The van der Waals surface area contributed by atoms with Crippen molar-refractivity contribution in [2.75, 3.05) is 36.3 Å². The first-order chi connectivity index (χ1) is 15.5. The highest BCUT2D eigenvalue weighted by Gasteiger charge is 2.36. The maximum Gasteiger partial charge on any atom is 0.304 e. The first kappa shape index (κ1) is 22.3. The molecule has 0 aliphatic carbocycles. The largest absolute Gasteiger partial charge is 0.493 e. The lowest BCUT2D eigenvalue weighted by molar-refractivity contribution is 0.302. The second-order valence-electron chi connectivity index (χ2n) is 7.81. The molecule has 1 aliphatic rings. The predicted octanol–water partition coefficient (Wildman–Crippen LogP) is 3.37. The smallest absolute Gasteiger partial charge is 0.304 e. The van der Waals surface area contributed by atoms with Crippen molar-refractivity contribution in [1.29, 1.82) is 0 Å². The summed E-state index contributed by atoms with van der Waals surface area (Å²) in [6, 6.07) is 8.93. The lowest BCUT2D eigenvalue weighted by Gasteiger charge is -2.20. The number of nitrogens with zero attached hydrogens (tertiary/aromatic N) is 4. The molecule has 0 spiro atoms. The zero-order chi connectivity index (χ0) is 22.6. The first-order valence-electron chi connectivity index (χ1n) is 11.0. The number of hydrogen-bond acceptors (Lipinski definition) is 7. The average Bonchev–Trinajstić information content (AvgIpc) is 3.29. The number of ether oxygens (including phenoxy) is 1. The van der Waals surface area contributed by atoms with E-state index in [-0.39, 0.29) is 0 Å². The molecule has 0 saturated carbocycles. The molecule has 32 heavy (non-hydrogen) atoms.